The van der Waals surface area contributed by atoms with Crippen molar-refractivity contribution >= 4 is 40.8 Å². The summed E-state index contributed by atoms with van der Waals surface area (Å²) in [7, 11) is 0. The van der Waals surface area contributed by atoms with Crippen molar-refractivity contribution < 1.29 is 9.59 Å². The van der Waals surface area contributed by atoms with Crippen LogP contribution < -0.4 is 10.2 Å². The number of piperazine rings is 1. The maximum absolute atomic E-state index is 12.7. The Morgan fingerprint density at radius 1 is 1.10 bits per heavy atom. The van der Waals surface area contributed by atoms with Crippen molar-refractivity contribution in [1.82, 2.24) is 15.2 Å². The third kappa shape index (κ3) is 5.64. The molecule has 0 radical (unpaired) electrons. The van der Waals surface area contributed by atoms with Gasteiger partial charge in [-0.15, -0.1) is 0 Å². The predicted molar refractivity (Wildman–Crippen MR) is 121 cm³/mol. The first-order chi connectivity index (χ1) is 14.3. The maximum atomic E-state index is 12.7. The van der Waals surface area contributed by atoms with Gasteiger partial charge in [0.1, 0.15) is 5.82 Å². The smallest absolute Gasteiger partial charge is 0.255 e. The Labute approximate surface area is 187 Å². The van der Waals surface area contributed by atoms with Gasteiger partial charge in [0.25, 0.3) is 11.8 Å². The molecule has 30 heavy (non-hydrogen) atoms. The van der Waals surface area contributed by atoms with Crippen molar-refractivity contribution in [3.05, 3.63) is 57.7 Å². The highest BCUT2D eigenvalue weighted by Gasteiger charge is 2.24. The van der Waals surface area contributed by atoms with Crippen LogP contribution in [0.25, 0.3) is 0 Å². The largest absolute Gasteiger partial charge is 0.353 e. The molecule has 1 N–H and O–H groups in total. The fraction of sp³-hybridized carbons (Fsp3) is 0.409. The zero-order valence-electron chi connectivity index (χ0n) is 17.2. The number of rotatable bonds is 6. The average molecular weight is 449 g/mol. The molecule has 2 heterocycles. The van der Waals surface area contributed by atoms with Crippen molar-refractivity contribution in [1.29, 1.82) is 0 Å². The summed E-state index contributed by atoms with van der Waals surface area (Å²) in [5.74, 6) is 1.14. The van der Waals surface area contributed by atoms with Crippen LogP contribution in [0.2, 0.25) is 10.0 Å². The molecule has 1 aliphatic heterocycles. The molecule has 1 aromatic heterocycles. The van der Waals surface area contributed by atoms with E-state index in [1.165, 1.54) is 0 Å². The van der Waals surface area contributed by atoms with Crippen LogP contribution in [0.15, 0.2) is 36.5 Å². The van der Waals surface area contributed by atoms with Gasteiger partial charge in [-0.2, -0.15) is 0 Å². The summed E-state index contributed by atoms with van der Waals surface area (Å²) >= 11 is 12.1. The van der Waals surface area contributed by atoms with Crippen LogP contribution in [0.3, 0.4) is 0 Å². The quantitative estimate of drug-likeness (QED) is 0.721. The van der Waals surface area contributed by atoms with Crippen molar-refractivity contribution in [2.75, 3.05) is 37.6 Å². The number of amides is 2. The molecule has 8 heteroatoms. The lowest BCUT2D eigenvalue weighted by atomic mass is 10.1. The standard InChI is InChI=1S/C22H26Cl2N4O2/c1-15(2)7-8-25-21(29)16-3-6-20(26-14-16)27-9-11-28(12-10-27)22(30)18-5-4-17(23)13-19(18)24/h3-6,13-15H,7-12H2,1-2H3,(H,25,29). The highest BCUT2D eigenvalue weighted by molar-refractivity contribution is 6.36. The molecule has 0 spiro atoms. The molecular formula is C22H26Cl2N4O2. The molecule has 1 saturated heterocycles. The van der Waals surface area contributed by atoms with E-state index in [1.54, 1.807) is 35.4 Å². The second kappa shape index (κ2) is 10.1. The normalized spacial score (nSPS) is 14.2. The van der Waals surface area contributed by atoms with Gasteiger partial charge in [0.15, 0.2) is 0 Å². The number of benzene rings is 1. The molecular weight excluding hydrogens is 423 g/mol. The number of aromatic nitrogens is 1. The zero-order chi connectivity index (χ0) is 21.7. The Morgan fingerprint density at radius 2 is 1.83 bits per heavy atom. The average Bonchev–Trinajstić information content (AvgIpc) is 2.73. The first-order valence-corrected chi connectivity index (χ1v) is 10.8. The molecule has 2 aromatic rings. The summed E-state index contributed by atoms with van der Waals surface area (Å²) in [4.78, 5) is 33.3. The van der Waals surface area contributed by atoms with Gasteiger partial charge in [0, 0.05) is 43.9 Å². The number of nitrogens with one attached hydrogen (secondary N) is 1. The van der Waals surface area contributed by atoms with Crippen molar-refractivity contribution in [3.8, 4) is 0 Å². The Bertz CT molecular complexity index is 895. The molecule has 0 aliphatic carbocycles. The monoisotopic (exact) mass is 448 g/mol. The molecule has 160 valence electrons. The summed E-state index contributed by atoms with van der Waals surface area (Å²) in [6, 6.07) is 8.55. The number of carbonyl (C=O) groups is 2. The SMILES string of the molecule is CC(C)CCNC(=O)c1ccc(N2CCN(C(=O)c3ccc(Cl)cc3Cl)CC2)nc1. The van der Waals surface area contributed by atoms with Crippen molar-refractivity contribution in [3.63, 3.8) is 0 Å². The number of carbonyl (C=O) groups excluding carboxylic acids is 2. The minimum atomic E-state index is -0.107. The van der Waals surface area contributed by atoms with Crippen molar-refractivity contribution in [2.24, 2.45) is 5.92 Å². The summed E-state index contributed by atoms with van der Waals surface area (Å²) in [6.45, 7) is 7.35. The molecule has 0 atom stereocenters. The Hall–Kier alpha value is -2.31. The van der Waals surface area contributed by atoms with E-state index in [1.807, 2.05) is 6.07 Å². The lowest BCUT2D eigenvalue weighted by Crippen LogP contribution is -2.49. The zero-order valence-corrected chi connectivity index (χ0v) is 18.7. The second-order valence-corrected chi connectivity index (χ2v) is 8.59. The molecule has 0 saturated carbocycles. The molecule has 0 unspecified atom stereocenters. The molecule has 6 nitrogen and oxygen atoms in total. The van der Waals surface area contributed by atoms with Crippen LogP contribution >= 0.6 is 23.2 Å². The fourth-order valence-corrected chi connectivity index (χ4v) is 3.75. The number of pyridine rings is 1. The summed E-state index contributed by atoms with van der Waals surface area (Å²) in [5, 5.41) is 3.78. The molecule has 0 bridgehead atoms. The van der Waals surface area contributed by atoms with Gasteiger partial charge in [-0.1, -0.05) is 37.0 Å². The van der Waals surface area contributed by atoms with Crippen molar-refractivity contribution in [2.45, 2.75) is 20.3 Å². The number of halogens is 2. The first kappa shape index (κ1) is 22.4. The predicted octanol–water partition coefficient (Wildman–Crippen LogP) is 4.13. The Balaban J connectivity index is 1.54. The number of anilines is 1. The van der Waals surface area contributed by atoms with Gasteiger partial charge in [-0.05, 0) is 42.7 Å². The van der Waals surface area contributed by atoms with E-state index in [-0.39, 0.29) is 11.8 Å². The third-order valence-electron chi connectivity index (χ3n) is 5.07. The minimum absolute atomic E-state index is 0.0994. The molecule has 1 aliphatic rings. The van der Waals surface area contributed by atoms with Crippen LogP contribution in [0.4, 0.5) is 5.82 Å². The Kier molecular flexibility index (Phi) is 7.56. The lowest BCUT2D eigenvalue weighted by Gasteiger charge is -2.35. The van der Waals surface area contributed by atoms with E-state index in [0.717, 1.165) is 12.2 Å². The van der Waals surface area contributed by atoms with Gasteiger partial charge in [0.2, 0.25) is 0 Å². The summed E-state index contributed by atoms with van der Waals surface area (Å²) in [5.41, 5.74) is 1.01. The van der Waals surface area contributed by atoms with E-state index in [2.05, 4.69) is 29.0 Å². The highest BCUT2D eigenvalue weighted by atomic mass is 35.5. The van der Waals surface area contributed by atoms with Gasteiger partial charge >= 0.3 is 0 Å². The fourth-order valence-electron chi connectivity index (χ4n) is 3.26. The summed E-state index contributed by atoms with van der Waals surface area (Å²) in [6.07, 6.45) is 2.55. The van der Waals surface area contributed by atoms with Crippen LogP contribution in [0, 0.1) is 5.92 Å². The van der Waals surface area contributed by atoms with Gasteiger partial charge in [0.05, 0.1) is 16.1 Å². The second-order valence-electron chi connectivity index (χ2n) is 7.75. The van der Waals surface area contributed by atoms with E-state index >= 15 is 0 Å². The van der Waals surface area contributed by atoms with Gasteiger partial charge < -0.3 is 15.1 Å². The molecule has 1 fully saturated rings. The number of hydrogen-bond donors (Lipinski definition) is 1. The summed E-state index contributed by atoms with van der Waals surface area (Å²) < 4.78 is 0. The number of hydrogen-bond acceptors (Lipinski definition) is 4. The van der Waals surface area contributed by atoms with Crippen LogP contribution in [-0.2, 0) is 0 Å². The van der Waals surface area contributed by atoms with E-state index in [4.69, 9.17) is 23.2 Å². The van der Waals surface area contributed by atoms with E-state index in [0.29, 0.717) is 59.8 Å². The van der Waals surface area contributed by atoms with E-state index in [9.17, 15) is 9.59 Å². The highest BCUT2D eigenvalue weighted by Crippen LogP contribution is 2.23. The molecule has 3 rings (SSSR count). The van der Waals surface area contributed by atoms with Gasteiger partial charge in [-0.3, -0.25) is 9.59 Å². The topological polar surface area (TPSA) is 65.5 Å². The van der Waals surface area contributed by atoms with Gasteiger partial charge in [-0.25, -0.2) is 4.98 Å². The van der Waals surface area contributed by atoms with Crippen LogP contribution in [0.5, 0.6) is 0 Å². The number of nitrogens with zero attached hydrogens (tertiary/aromatic N) is 3. The minimum Gasteiger partial charge on any atom is -0.353 e. The van der Waals surface area contributed by atoms with Crippen LogP contribution in [-0.4, -0.2) is 54.4 Å². The lowest BCUT2D eigenvalue weighted by molar-refractivity contribution is 0.0746. The van der Waals surface area contributed by atoms with Crippen LogP contribution in [0.1, 0.15) is 41.0 Å². The first-order valence-electron chi connectivity index (χ1n) is 10.1. The maximum Gasteiger partial charge on any atom is 0.255 e. The molecule has 1 aromatic carbocycles. The molecule has 2 amide bonds. The third-order valence-corrected chi connectivity index (χ3v) is 5.62. The van der Waals surface area contributed by atoms with E-state index < -0.39 is 0 Å². The Morgan fingerprint density at radius 3 is 2.43 bits per heavy atom.